The van der Waals surface area contributed by atoms with E-state index < -0.39 is 27.2 Å². The van der Waals surface area contributed by atoms with E-state index >= 15 is 0 Å². The number of amides is 2. The number of hydrogen-bond acceptors (Lipinski definition) is 7. The van der Waals surface area contributed by atoms with Crippen LogP contribution in [-0.4, -0.2) is 49.2 Å². The molecule has 2 aliphatic heterocycles. The van der Waals surface area contributed by atoms with Crippen LogP contribution in [0, 0.1) is 13.8 Å². The van der Waals surface area contributed by atoms with Crippen molar-refractivity contribution < 1.29 is 22.7 Å². The van der Waals surface area contributed by atoms with Gasteiger partial charge in [0.25, 0.3) is 5.56 Å². The highest BCUT2D eigenvalue weighted by Gasteiger charge is 2.38. The molecule has 0 radical (unpaired) electrons. The van der Waals surface area contributed by atoms with Crippen molar-refractivity contribution >= 4 is 44.0 Å². The Morgan fingerprint density at radius 2 is 1.70 bits per heavy atom. The number of nitrogens with zero attached hydrogens (tertiary/aromatic N) is 1. The van der Waals surface area contributed by atoms with E-state index in [-0.39, 0.29) is 29.5 Å². The van der Waals surface area contributed by atoms with Crippen LogP contribution in [0.5, 0.6) is 0 Å². The fourth-order valence-electron chi connectivity index (χ4n) is 5.88. The van der Waals surface area contributed by atoms with Gasteiger partial charge in [-0.3, -0.25) is 14.9 Å². The molecule has 1 aromatic heterocycles. The minimum atomic E-state index is -3.60. The number of fused-ring (bicyclic) bond motifs is 10. The second-order valence-corrected chi connectivity index (χ2v) is 13.8. The third-order valence-electron chi connectivity index (χ3n) is 8.33. The van der Waals surface area contributed by atoms with Crippen LogP contribution in [0.1, 0.15) is 46.7 Å². The lowest BCUT2D eigenvalue weighted by molar-refractivity contribution is -0.131. The van der Waals surface area contributed by atoms with Gasteiger partial charge in [0, 0.05) is 43.0 Å². The summed E-state index contributed by atoms with van der Waals surface area (Å²) in [6, 6.07) is 14.8. The van der Waals surface area contributed by atoms with Crippen LogP contribution in [0.2, 0.25) is 0 Å². The molecular formula is C33H34N4O6S. The number of rotatable bonds is 4. The van der Waals surface area contributed by atoms with E-state index in [2.05, 4.69) is 15.6 Å². The number of carbonyl (C=O) groups is 2. The average Bonchev–Trinajstić information content (AvgIpc) is 3.83. The molecule has 3 N–H and O–H groups in total. The molecular weight excluding hydrogens is 580 g/mol. The van der Waals surface area contributed by atoms with Gasteiger partial charge in [-0.25, -0.2) is 13.2 Å². The van der Waals surface area contributed by atoms with Crippen molar-refractivity contribution in [2.24, 2.45) is 0 Å². The number of likely N-dealkylation sites (N-methyl/N-ethyl adjacent to an activating group) is 1. The van der Waals surface area contributed by atoms with Crippen LogP contribution < -0.4 is 16.2 Å². The lowest BCUT2D eigenvalue weighted by Crippen LogP contribution is -2.35. The number of hydrogen-bond donors (Lipinski definition) is 3. The molecule has 4 aromatic rings. The number of benzene rings is 3. The summed E-state index contributed by atoms with van der Waals surface area (Å²) in [4.78, 5) is 43.7. The van der Waals surface area contributed by atoms with Crippen molar-refractivity contribution in [1.29, 1.82) is 0 Å². The van der Waals surface area contributed by atoms with Gasteiger partial charge in [-0.15, -0.1) is 0 Å². The van der Waals surface area contributed by atoms with Crippen LogP contribution in [0.3, 0.4) is 0 Å². The van der Waals surface area contributed by atoms with Gasteiger partial charge in [0.15, 0.2) is 9.84 Å². The minimum absolute atomic E-state index is 0.0176. The molecule has 3 heterocycles. The van der Waals surface area contributed by atoms with E-state index in [0.29, 0.717) is 47.2 Å². The van der Waals surface area contributed by atoms with E-state index in [0.717, 1.165) is 22.1 Å². The Hall–Kier alpha value is -4.64. The zero-order chi connectivity index (χ0) is 31.2. The first-order valence-electron chi connectivity index (χ1n) is 14.5. The maximum Gasteiger partial charge on any atom is 0.411 e. The topological polar surface area (TPSA) is 138 Å². The Morgan fingerprint density at radius 1 is 0.955 bits per heavy atom. The number of ether oxygens (including phenoxy) is 1. The van der Waals surface area contributed by atoms with Gasteiger partial charge in [0.05, 0.1) is 16.8 Å². The predicted octanol–water partition coefficient (Wildman–Crippen LogP) is 5.00. The molecule has 3 aromatic carbocycles. The molecule has 11 heteroatoms. The van der Waals surface area contributed by atoms with Gasteiger partial charge in [-0.2, -0.15) is 0 Å². The van der Waals surface area contributed by atoms with Crippen molar-refractivity contribution in [3.63, 3.8) is 0 Å². The normalized spacial score (nSPS) is 17.8. The molecule has 1 saturated carbocycles. The highest BCUT2D eigenvalue weighted by molar-refractivity contribution is 7.92. The summed E-state index contributed by atoms with van der Waals surface area (Å²) in [7, 11) is -1.98. The minimum Gasteiger partial charge on any atom is -0.449 e. The summed E-state index contributed by atoms with van der Waals surface area (Å²) >= 11 is 0. The molecule has 228 valence electrons. The van der Waals surface area contributed by atoms with Crippen LogP contribution in [-0.2, 0) is 32.3 Å². The van der Waals surface area contributed by atoms with Gasteiger partial charge >= 0.3 is 6.09 Å². The largest absolute Gasteiger partial charge is 0.449 e. The summed E-state index contributed by atoms with van der Waals surface area (Å²) in [5.74, 6) is -0.293. The number of pyridine rings is 1. The number of anilines is 2. The zero-order valence-corrected chi connectivity index (χ0v) is 25.6. The van der Waals surface area contributed by atoms with Crippen molar-refractivity contribution in [3.05, 3.63) is 99.0 Å². The first kappa shape index (κ1) is 29.4. The van der Waals surface area contributed by atoms with Crippen LogP contribution in [0.4, 0.5) is 16.2 Å². The quantitative estimate of drug-likeness (QED) is 0.294. The molecule has 10 nitrogen and oxygen atoms in total. The van der Waals surface area contributed by atoms with Gasteiger partial charge in [-0.1, -0.05) is 18.2 Å². The molecule has 1 fully saturated rings. The smallest absolute Gasteiger partial charge is 0.411 e. The third-order valence-corrected chi connectivity index (χ3v) is 10.7. The maximum absolute atomic E-state index is 14.3. The Labute approximate surface area is 255 Å². The first-order valence-corrected chi connectivity index (χ1v) is 16.1. The molecule has 4 bridgehead atoms. The molecule has 44 heavy (non-hydrogen) atoms. The molecule has 3 aliphatic rings. The second kappa shape index (κ2) is 11.5. The Balaban J connectivity index is 1.44. The van der Waals surface area contributed by atoms with Gasteiger partial charge in [-0.05, 0) is 96.3 Å². The number of aryl methyl sites for hydroxylation is 2. The Kier molecular flexibility index (Phi) is 7.66. The van der Waals surface area contributed by atoms with Crippen LogP contribution in [0.25, 0.3) is 10.8 Å². The van der Waals surface area contributed by atoms with Crippen molar-refractivity contribution in [2.75, 3.05) is 24.3 Å². The van der Waals surface area contributed by atoms with Crippen molar-refractivity contribution in [3.8, 4) is 0 Å². The van der Waals surface area contributed by atoms with E-state index in [1.165, 1.54) is 11.0 Å². The van der Waals surface area contributed by atoms with Crippen molar-refractivity contribution in [2.45, 2.75) is 55.8 Å². The van der Waals surface area contributed by atoms with E-state index in [9.17, 15) is 22.8 Å². The van der Waals surface area contributed by atoms with E-state index in [4.69, 9.17) is 4.74 Å². The molecule has 1 unspecified atom stereocenters. The van der Waals surface area contributed by atoms with Gasteiger partial charge < -0.3 is 19.9 Å². The summed E-state index contributed by atoms with van der Waals surface area (Å²) in [6.45, 7) is 4.03. The lowest BCUT2D eigenvalue weighted by Gasteiger charge is -2.28. The summed E-state index contributed by atoms with van der Waals surface area (Å²) in [5, 5.41) is 6.87. The molecule has 2 amide bonds. The van der Waals surface area contributed by atoms with E-state index in [1.54, 1.807) is 31.4 Å². The van der Waals surface area contributed by atoms with E-state index in [1.807, 2.05) is 44.2 Å². The Morgan fingerprint density at radius 3 is 2.43 bits per heavy atom. The maximum atomic E-state index is 14.3. The Bertz CT molecular complexity index is 1940. The van der Waals surface area contributed by atoms with Gasteiger partial charge in [0.1, 0.15) is 6.04 Å². The standard InChI is InChI=1S/C33H34N4O6S/c1-19-14-22-15-20(2)27(19)11-13-43-33(40)36-24-6-9-29(44(41,42)26-7-8-26)23(16-24)18-37(3)32(39)30(22)35-25-5-4-21-10-12-34-31(38)28(21)17-25/h4-6,9-10,12,14-17,26,30,35H,7-8,11,13,18H2,1-3H3,(H,34,38)(H,36,40). The molecule has 7 rings (SSSR count). The van der Waals surface area contributed by atoms with Crippen molar-refractivity contribution in [1.82, 2.24) is 9.88 Å². The summed E-state index contributed by atoms with van der Waals surface area (Å²) in [6.07, 6.45) is 2.62. The number of nitrogens with one attached hydrogen (secondary N) is 3. The summed E-state index contributed by atoms with van der Waals surface area (Å²) in [5.41, 5.74) is 4.74. The number of aromatic nitrogens is 1. The highest BCUT2D eigenvalue weighted by Crippen LogP contribution is 2.36. The van der Waals surface area contributed by atoms with Crippen LogP contribution >= 0.6 is 0 Å². The monoisotopic (exact) mass is 614 g/mol. The first-order chi connectivity index (χ1) is 21.0. The number of carbonyl (C=O) groups excluding carboxylic acids is 2. The van der Waals surface area contributed by atoms with Gasteiger partial charge in [0.2, 0.25) is 5.91 Å². The molecule has 1 atom stereocenters. The molecule has 0 saturated heterocycles. The average molecular weight is 615 g/mol. The number of aromatic amines is 1. The molecule has 1 aliphatic carbocycles. The molecule has 0 spiro atoms. The second-order valence-electron chi connectivity index (χ2n) is 11.6. The highest BCUT2D eigenvalue weighted by atomic mass is 32.2. The number of H-pyrrole nitrogens is 1. The number of sulfone groups is 1. The third kappa shape index (κ3) is 5.79. The predicted molar refractivity (Wildman–Crippen MR) is 169 cm³/mol. The lowest BCUT2D eigenvalue weighted by atomic mass is 9.93. The summed E-state index contributed by atoms with van der Waals surface area (Å²) < 4.78 is 32.2. The van der Waals surface area contributed by atoms with Crippen LogP contribution in [0.15, 0.2) is 70.5 Å². The zero-order valence-electron chi connectivity index (χ0n) is 24.8. The SMILES string of the molecule is Cc1cc2cc(C)c1CCOC(=O)Nc1ccc(S(=O)(=O)C3CC3)c(c1)CN(C)C(=O)C2Nc1ccc2cc[nH]c(=O)c2c1. The fourth-order valence-corrected chi connectivity index (χ4v) is 7.75. The fraction of sp³-hybridized carbons (Fsp3) is 0.303.